The molecular formula is C16H15BrFNO2. The Labute approximate surface area is 130 Å². The molecule has 110 valence electrons. The molecule has 2 rings (SSSR count). The van der Waals surface area contributed by atoms with E-state index in [2.05, 4.69) is 21.2 Å². The van der Waals surface area contributed by atoms with Gasteiger partial charge in [-0.25, -0.2) is 4.39 Å². The Bertz CT molecular complexity index is 660. The summed E-state index contributed by atoms with van der Waals surface area (Å²) in [5, 5.41) is 12.1. The molecule has 0 aliphatic heterocycles. The Morgan fingerprint density at radius 3 is 2.71 bits per heavy atom. The van der Waals surface area contributed by atoms with Crippen LogP contribution in [0.25, 0.3) is 0 Å². The van der Waals surface area contributed by atoms with E-state index in [-0.39, 0.29) is 23.9 Å². The first-order valence-electron chi connectivity index (χ1n) is 6.45. The van der Waals surface area contributed by atoms with Crippen LogP contribution < -0.4 is 5.32 Å². The van der Waals surface area contributed by atoms with E-state index in [4.69, 9.17) is 0 Å². The van der Waals surface area contributed by atoms with Crippen LogP contribution >= 0.6 is 15.9 Å². The maximum atomic E-state index is 13.6. The Balaban J connectivity index is 2.04. The molecule has 0 heterocycles. The molecule has 3 nitrogen and oxygen atoms in total. The van der Waals surface area contributed by atoms with E-state index in [1.165, 1.54) is 12.1 Å². The van der Waals surface area contributed by atoms with Crippen molar-refractivity contribution < 1.29 is 14.3 Å². The van der Waals surface area contributed by atoms with Crippen LogP contribution in [-0.4, -0.2) is 15.8 Å². The number of alkyl halides is 1. The van der Waals surface area contributed by atoms with Crippen LogP contribution in [0.1, 0.15) is 11.1 Å². The number of halogens is 2. The lowest BCUT2D eigenvalue weighted by Crippen LogP contribution is -2.25. The molecular weight excluding hydrogens is 337 g/mol. The van der Waals surface area contributed by atoms with Gasteiger partial charge < -0.3 is 10.4 Å². The van der Waals surface area contributed by atoms with Gasteiger partial charge in [-0.3, -0.25) is 4.79 Å². The van der Waals surface area contributed by atoms with Crippen LogP contribution in [0.3, 0.4) is 0 Å². The summed E-state index contributed by atoms with van der Waals surface area (Å²) < 4.78 is 13.6. The number of hydrogen-bond acceptors (Lipinski definition) is 2. The largest absolute Gasteiger partial charge is 0.508 e. The van der Waals surface area contributed by atoms with Crippen molar-refractivity contribution in [2.45, 2.75) is 18.2 Å². The van der Waals surface area contributed by atoms with E-state index < -0.39 is 4.83 Å². The number of hydrogen-bond donors (Lipinski definition) is 2. The van der Waals surface area contributed by atoms with Crippen molar-refractivity contribution >= 4 is 27.5 Å². The van der Waals surface area contributed by atoms with Crippen molar-refractivity contribution in [1.82, 2.24) is 0 Å². The van der Waals surface area contributed by atoms with Gasteiger partial charge in [0.1, 0.15) is 11.6 Å². The van der Waals surface area contributed by atoms with E-state index in [0.29, 0.717) is 11.3 Å². The third kappa shape index (κ3) is 4.04. The summed E-state index contributed by atoms with van der Waals surface area (Å²) in [5.41, 5.74) is 1.86. The number of amides is 1. The summed E-state index contributed by atoms with van der Waals surface area (Å²) in [4.78, 5) is 11.6. The molecule has 1 unspecified atom stereocenters. The lowest BCUT2D eigenvalue weighted by atomic mass is 10.1. The van der Waals surface area contributed by atoms with Gasteiger partial charge in [0.05, 0.1) is 4.83 Å². The Morgan fingerprint density at radius 2 is 2.05 bits per heavy atom. The second kappa shape index (κ2) is 6.72. The minimum absolute atomic E-state index is 0.146. The van der Waals surface area contributed by atoms with Gasteiger partial charge in [0.15, 0.2) is 0 Å². The number of rotatable bonds is 4. The quantitative estimate of drug-likeness (QED) is 0.650. The van der Waals surface area contributed by atoms with Crippen LogP contribution in [-0.2, 0) is 11.2 Å². The molecule has 0 aliphatic carbocycles. The minimum Gasteiger partial charge on any atom is -0.508 e. The van der Waals surface area contributed by atoms with Crippen LogP contribution in [0.15, 0.2) is 42.5 Å². The maximum absolute atomic E-state index is 13.6. The van der Waals surface area contributed by atoms with Gasteiger partial charge in [0.25, 0.3) is 0 Å². The van der Waals surface area contributed by atoms with Crippen LogP contribution in [0.4, 0.5) is 10.1 Å². The first-order valence-corrected chi connectivity index (χ1v) is 7.37. The molecule has 2 aromatic rings. The number of nitrogens with one attached hydrogen (secondary N) is 1. The second-order valence-electron chi connectivity index (χ2n) is 4.75. The molecule has 0 saturated carbocycles. The van der Waals surface area contributed by atoms with Gasteiger partial charge in [0.2, 0.25) is 5.91 Å². The fourth-order valence-corrected chi connectivity index (χ4v) is 2.41. The van der Waals surface area contributed by atoms with Gasteiger partial charge in [-0.05, 0) is 48.7 Å². The SMILES string of the molecule is Cc1cc(O)ccc1NC(=O)C(Br)Cc1ccccc1F. The van der Waals surface area contributed by atoms with Gasteiger partial charge in [-0.1, -0.05) is 34.1 Å². The normalized spacial score (nSPS) is 12.0. The smallest absolute Gasteiger partial charge is 0.238 e. The lowest BCUT2D eigenvalue weighted by molar-refractivity contribution is -0.115. The van der Waals surface area contributed by atoms with Crippen molar-refractivity contribution in [3.63, 3.8) is 0 Å². The van der Waals surface area contributed by atoms with Crippen molar-refractivity contribution in [1.29, 1.82) is 0 Å². The number of anilines is 1. The summed E-state index contributed by atoms with van der Waals surface area (Å²) in [5.74, 6) is -0.435. The van der Waals surface area contributed by atoms with Crippen LogP contribution in [0.2, 0.25) is 0 Å². The summed E-state index contributed by atoms with van der Waals surface area (Å²) in [7, 11) is 0. The minimum atomic E-state index is -0.539. The molecule has 1 amide bonds. The molecule has 0 radical (unpaired) electrons. The maximum Gasteiger partial charge on any atom is 0.238 e. The number of carbonyl (C=O) groups excluding carboxylic acids is 1. The zero-order valence-electron chi connectivity index (χ0n) is 11.4. The number of phenolic OH excluding ortho intramolecular Hbond substituents is 1. The average Bonchev–Trinajstić information content (AvgIpc) is 2.44. The highest BCUT2D eigenvalue weighted by molar-refractivity contribution is 9.10. The Morgan fingerprint density at radius 1 is 1.33 bits per heavy atom. The zero-order chi connectivity index (χ0) is 15.4. The molecule has 2 aromatic carbocycles. The van der Waals surface area contributed by atoms with E-state index in [1.807, 2.05) is 0 Å². The molecule has 21 heavy (non-hydrogen) atoms. The van der Waals surface area contributed by atoms with Gasteiger partial charge in [-0.2, -0.15) is 0 Å². The van der Waals surface area contributed by atoms with Gasteiger partial charge in [-0.15, -0.1) is 0 Å². The van der Waals surface area contributed by atoms with E-state index in [1.54, 1.807) is 37.3 Å². The molecule has 5 heteroatoms. The summed E-state index contributed by atoms with van der Waals surface area (Å²) in [6.07, 6.45) is 0.260. The van der Waals surface area contributed by atoms with E-state index >= 15 is 0 Å². The Kier molecular flexibility index (Phi) is 4.96. The van der Waals surface area contributed by atoms with Crippen molar-refractivity contribution in [2.24, 2.45) is 0 Å². The highest BCUT2D eigenvalue weighted by Gasteiger charge is 2.18. The summed E-state index contributed by atoms with van der Waals surface area (Å²) in [6, 6.07) is 11.1. The monoisotopic (exact) mass is 351 g/mol. The summed E-state index contributed by atoms with van der Waals surface area (Å²) in [6.45, 7) is 1.79. The summed E-state index contributed by atoms with van der Waals surface area (Å²) >= 11 is 3.28. The van der Waals surface area contributed by atoms with Crippen LogP contribution in [0.5, 0.6) is 5.75 Å². The molecule has 0 fully saturated rings. The second-order valence-corrected chi connectivity index (χ2v) is 5.86. The fraction of sp³-hybridized carbons (Fsp3) is 0.188. The number of aromatic hydroxyl groups is 1. The molecule has 0 spiro atoms. The topological polar surface area (TPSA) is 49.3 Å². The number of phenols is 1. The lowest BCUT2D eigenvalue weighted by Gasteiger charge is -2.13. The molecule has 0 aromatic heterocycles. The first-order chi connectivity index (χ1) is 9.97. The van der Waals surface area contributed by atoms with Crippen molar-refractivity contribution in [3.8, 4) is 5.75 Å². The third-order valence-electron chi connectivity index (χ3n) is 3.11. The Hall–Kier alpha value is -1.88. The standard InChI is InChI=1S/C16H15BrFNO2/c1-10-8-12(20)6-7-15(10)19-16(21)13(17)9-11-4-2-3-5-14(11)18/h2-8,13,20H,9H2,1H3,(H,19,21). The van der Waals surface area contributed by atoms with Gasteiger partial charge in [0, 0.05) is 5.69 Å². The van der Waals surface area contributed by atoms with E-state index in [0.717, 1.165) is 5.56 Å². The van der Waals surface area contributed by atoms with Gasteiger partial charge >= 0.3 is 0 Å². The molecule has 0 bridgehead atoms. The molecule has 0 aliphatic rings. The highest BCUT2D eigenvalue weighted by atomic mass is 79.9. The molecule has 0 saturated heterocycles. The average molecular weight is 352 g/mol. The molecule has 1 atom stereocenters. The van der Waals surface area contributed by atoms with Crippen molar-refractivity contribution in [2.75, 3.05) is 5.32 Å². The number of aryl methyl sites for hydroxylation is 1. The van der Waals surface area contributed by atoms with Crippen molar-refractivity contribution in [3.05, 3.63) is 59.4 Å². The predicted molar refractivity (Wildman–Crippen MR) is 84.3 cm³/mol. The predicted octanol–water partition coefficient (Wildman–Crippen LogP) is 3.78. The number of benzene rings is 2. The van der Waals surface area contributed by atoms with E-state index in [9.17, 15) is 14.3 Å². The number of carbonyl (C=O) groups is 1. The highest BCUT2D eigenvalue weighted by Crippen LogP contribution is 2.21. The van der Waals surface area contributed by atoms with Crippen LogP contribution in [0, 0.1) is 12.7 Å². The zero-order valence-corrected chi connectivity index (χ0v) is 13.0. The fourth-order valence-electron chi connectivity index (χ4n) is 1.95. The third-order valence-corrected chi connectivity index (χ3v) is 3.85. The molecule has 2 N–H and O–H groups in total. The first kappa shape index (κ1) is 15.5.